The van der Waals surface area contributed by atoms with Crippen molar-refractivity contribution in [3.63, 3.8) is 0 Å². The fourth-order valence-corrected chi connectivity index (χ4v) is 0.475. The molecule has 48 valence electrons. The standard InChI is InChI=1S/C6H11ClO/c1-3-4-6(2,7)5-8/h3,8H,1,4-5H2,2H3. The minimum Gasteiger partial charge on any atom is -0.395 e. The maximum Gasteiger partial charge on any atom is 0.0682 e. The van der Waals surface area contributed by atoms with Crippen molar-refractivity contribution in [3.05, 3.63) is 12.7 Å². The van der Waals surface area contributed by atoms with Gasteiger partial charge in [0.1, 0.15) is 0 Å². The first-order valence-corrected chi connectivity index (χ1v) is 2.91. The zero-order valence-electron chi connectivity index (χ0n) is 5.02. The van der Waals surface area contributed by atoms with Gasteiger partial charge in [-0.3, -0.25) is 0 Å². The maximum atomic E-state index is 8.55. The molecule has 0 amide bonds. The number of allylic oxidation sites excluding steroid dienone is 1. The molecular weight excluding hydrogens is 124 g/mol. The Bertz CT molecular complexity index is 78.6. The van der Waals surface area contributed by atoms with Gasteiger partial charge in [-0.15, -0.1) is 18.2 Å². The third kappa shape index (κ3) is 3.05. The highest BCUT2D eigenvalue weighted by atomic mass is 35.5. The van der Waals surface area contributed by atoms with Crippen LogP contribution < -0.4 is 0 Å². The first-order chi connectivity index (χ1) is 3.62. The third-order valence-corrected chi connectivity index (χ3v) is 1.17. The molecule has 0 aromatic rings. The van der Waals surface area contributed by atoms with E-state index in [4.69, 9.17) is 16.7 Å². The van der Waals surface area contributed by atoms with E-state index < -0.39 is 4.87 Å². The van der Waals surface area contributed by atoms with Crippen molar-refractivity contribution < 1.29 is 5.11 Å². The zero-order valence-corrected chi connectivity index (χ0v) is 5.78. The highest BCUT2D eigenvalue weighted by Gasteiger charge is 2.16. The molecule has 0 aliphatic rings. The quantitative estimate of drug-likeness (QED) is 0.459. The van der Waals surface area contributed by atoms with Crippen molar-refractivity contribution in [3.8, 4) is 0 Å². The lowest BCUT2D eigenvalue weighted by atomic mass is 10.1. The summed E-state index contributed by atoms with van der Waals surface area (Å²) in [4.78, 5) is -0.498. The number of aliphatic hydroxyl groups is 1. The summed E-state index contributed by atoms with van der Waals surface area (Å²) >= 11 is 5.70. The van der Waals surface area contributed by atoms with Crippen LogP contribution in [0, 0.1) is 0 Å². The molecular formula is C6H11ClO. The van der Waals surface area contributed by atoms with E-state index in [1.54, 1.807) is 13.0 Å². The van der Waals surface area contributed by atoms with Gasteiger partial charge in [-0.2, -0.15) is 0 Å². The van der Waals surface area contributed by atoms with Crippen molar-refractivity contribution in [2.24, 2.45) is 0 Å². The van der Waals surface area contributed by atoms with Gasteiger partial charge in [0.05, 0.1) is 11.5 Å². The smallest absolute Gasteiger partial charge is 0.0682 e. The number of hydrogen-bond donors (Lipinski definition) is 1. The van der Waals surface area contributed by atoms with Crippen LogP contribution in [0.3, 0.4) is 0 Å². The summed E-state index contributed by atoms with van der Waals surface area (Å²) in [7, 11) is 0. The summed E-state index contributed by atoms with van der Waals surface area (Å²) in [6, 6.07) is 0. The molecule has 0 spiro atoms. The van der Waals surface area contributed by atoms with Gasteiger partial charge in [0.25, 0.3) is 0 Å². The Hall–Kier alpha value is -0.0100. The average Bonchev–Trinajstić information content (AvgIpc) is 1.67. The van der Waals surface area contributed by atoms with Crippen LogP contribution in [-0.4, -0.2) is 16.6 Å². The van der Waals surface area contributed by atoms with Gasteiger partial charge >= 0.3 is 0 Å². The largest absolute Gasteiger partial charge is 0.395 e. The molecule has 0 aliphatic carbocycles. The van der Waals surface area contributed by atoms with Crippen LogP contribution in [0.5, 0.6) is 0 Å². The molecule has 2 heteroatoms. The fraction of sp³-hybridized carbons (Fsp3) is 0.667. The molecule has 1 unspecified atom stereocenters. The Morgan fingerprint density at radius 2 is 2.38 bits per heavy atom. The second kappa shape index (κ2) is 3.10. The second-order valence-corrected chi connectivity index (χ2v) is 2.98. The summed E-state index contributed by atoms with van der Waals surface area (Å²) in [6.45, 7) is 5.27. The summed E-state index contributed by atoms with van der Waals surface area (Å²) in [5, 5.41) is 8.55. The van der Waals surface area contributed by atoms with Gasteiger partial charge in [-0.1, -0.05) is 6.08 Å². The number of hydrogen-bond acceptors (Lipinski definition) is 1. The van der Waals surface area contributed by atoms with E-state index in [2.05, 4.69) is 6.58 Å². The van der Waals surface area contributed by atoms with E-state index >= 15 is 0 Å². The first-order valence-electron chi connectivity index (χ1n) is 2.53. The normalized spacial score (nSPS) is 17.4. The van der Waals surface area contributed by atoms with Gasteiger partial charge < -0.3 is 5.11 Å². The van der Waals surface area contributed by atoms with Crippen molar-refractivity contribution in [2.75, 3.05) is 6.61 Å². The highest BCUT2D eigenvalue weighted by Crippen LogP contribution is 2.17. The summed E-state index contributed by atoms with van der Waals surface area (Å²) in [6.07, 6.45) is 2.34. The van der Waals surface area contributed by atoms with Crippen LogP contribution in [0.4, 0.5) is 0 Å². The first kappa shape index (κ1) is 7.99. The highest BCUT2D eigenvalue weighted by molar-refractivity contribution is 6.23. The van der Waals surface area contributed by atoms with Crippen LogP contribution >= 0.6 is 11.6 Å². The summed E-state index contributed by atoms with van der Waals surface area (Å²) in [5.41, 5.74) is 0. The van der Waals surface area contributed by atoms with E-state index in [1.807, 2.05) is 0 Å². The molecule has 0 aromatic heterocycles. The Morgan fingerprint density at radius 1 is 1.88 bits per heavy atom. The van der Waals surface area contributed by atoms with Gasteiger partial charge in [-0.25, -0.2) is 0 Å². The number of alkyl halides is 1. The van der Waals surface area contributed by atoms with E-state index in [0.29, 0.717) is 6.42 Å². The topological polar surface area (TPSA) is 20.2 Å². The minimum atomic E-state index is -0.498. The molecule has 8 heavy (non-hydrogen) atoms. The lowest BCUT2D eigenvalue weighted by Gasteiger charge is -2.14. The van der Waals surface area contributed by atoms with E-state index in [1.165, 1.54) is 0 Å². The molecule has 0 aliphatic heterocycles. The molecule has 0 saturated carbocycles. The van der Waals surface area contributed by atoms with Gasteiger partial charge in [0.15, 0.2) is 0 Å². The molecule has 0 saturated heterocycles. The van der Waals surface area contributed by atoms with E-state index in [9.17, 15) is 0 Å². The van der Waals surface area contributed by atoms with Crippen molar-refractivity contribution in [1.82, 2.24) is 0 Å². The van der Waals surface area contributed by atoms with Crippen LogP contribution in [0.1, 0.15) is 13.3 Å². The van der Waals surface area contributed by atoms with Crippen LogP contribution in [0.25, 0.3) is 0 Å². The Morgan fingerprint density at radius 3 is 2.50 bits per heavy atom. The summed E-state index contributed by atoms with van der Waals surface area (Å²) in [5.74, 6) is 0. The molecule has 0 rings (SSSR count). The molecule has 0 radical (unpaired) electrons. The van der Waals surface area contributed by atoms with E-state index in [0.717, 1.165) is 0 Å². The monoisotopic (exact) mass is 134 g/mol. The Kier molecular flexibility index (Phi) is 3.10. The molecule has 0 fully saturated rings. The summed E-state index contributed by atoms with van der Waals surface area (Å²) < 4.78 is 0. The Labute approximate surface area is 55.0 Å². The van der Waals surface area contributed by atoms with Crippen molar-refractivity contribution in [2.45, 2.75) is 18.2 Å². The zero-order chi connectivity index (χ0) is 6.62. The van der Waals surface area contributed by atoms with Gasteiger partial charge in [0, 0.05) is 0 Å². The van der Waals surface area contributed by atoms with Crippen LogP contribution in [0.2, 0.25) is 0 Å². The predicted molar refractivity (Wildman–Crippen MR) is 36.2 cm³/mol. The maximum absolute atomic E-state index is 8.55. The second-order valence-electron chi connectivity index (χ2n) is 2.06. The lowest BCUT2D eigenvalue weighted by molar-refractivity contribution is 0.253. The van der Waals surface area contributed by atoms with Crippen LogP contribution in [-0.2, 0) is 0 Å². The molecule has 1 atom stereocenters. The molecule has 0 bridgehead atoms. The number of rotatable bonds is 3. The van der Waals surface area contributed by atoms with Crippen LogP contribution in [0.15, 0.2) is 12.7 Å². The Balaban J connectivity index is 3.53. The molecule has 0 aromatic carbocycles. The van der Waals surface area contributed by atoms with Crippen molar-refractivity contribution >= 4 is 11.6 Å². The minimum absolute atomic E-state index is 0.000571. The number of aliphatic hydroxyl groups excluding tert-OH is 1. The average molecular weight is 135 g/mol. The molecule has 1 nitrogen and oxygen atoms in total. The van der Waals surface area contributed by atoms with Gasteiger partial charge in [-0.05, 0) is 13.3 Å². The lowest BCUT2D eigenvalue weighted by Crippen LogP contribution is -2.19. The van der Waals surface area contributed by atoms with Crippen molar-refractivity contribution in [1.29, 1.82) is 0 Å². The molecule has 1 N–H and O–H groups in total. The molecule has 0 heterocycles. The SMILES string of the molecule is C=CCC(C)(Cl)CO. The van der Waals surface area contributed by atoms with E-state index in [-0.39, 0.29) is 6.61 Å². The number of halogens is 1. The third-order valence-electron chi connectivity index (χ3n) is 0.900. The predicted octanol–water partition coefficient (Wildman–Crippen LogP) is 1.55. The fourth-order valence-electron chi connectivity index (χ4n) is 0.366. The van der Waals surface area contributed by atoms with Gasteiger partial charge in [0.2, 0.25) is 0 Å².